The van der Waals surface area contributed by atoms with Gasteiger partial charge in [0.2, 0.25) is 5.66 Å². The lowest BCUT2D eigenvalue weighted by Gasteiger charge is -2.25. The van der Waals surface area contributed by atoms with E-state index in [1.165, 1.54) is 19.3 Å². The zero-order valence-corrected chi connectivity index (χ0v) is 15.0. The first-order valence-corrected chi connectivity index (χ1v) is 10.1. The minimum absolute atomic E-state index is 0.0213. The van der Waals surface area contributed by atoms with Crippen molar-refractivity contribution in [3.05, 3.63) is 11.6 Å². The molecule has 3 atom stereocenters. The van der Waals surface area contributed by atoms with Crippen LogP contribution in [0.15, 0.2) is 11.6 Å². The minimum Gasteiger partial charge on any atom is -0.478 e. The van der Waals surface area contributed by atoms with Crippen molar-refractivity contribution in [2.75, 3.05) is 0 Å². The molecule has 1 rings (SSSR count). The van der Waals surface area contributed by atoms with E-state index in [-0.39, 0.29) is 5.57 Å². The summed E-state index contributed by atoms with van der Waals surface area (Å²) in [6, 6.07) is -0.569. The second kappa shape index (κ2) is 10.9. The Bertz CT molecular complexity index is 419. The predicted molar refractivity (Wildman–Crippen MR) is 92.6 cm³/mol. The van der Waals surface area contributed by atoms with Crippen LogP contribution in [0, 0.1) is 5.92 Å². The van der Waals surface area contributed by atoms with Crippen molar-refractivity contribution >= 4 is 14.0 Å². The molecule has 1 fully saturated rings. The number of carbonyl (C=O) groups is 1. The molecule has 23 heavy (non-hydrogen) atoms. The lowest BCUT2D eigenvalue weighted by Crippen LogP contribution is -2.38. The molecule has 0 bridgehead atoms. The summed E-state index contributed by atoms with van der Waals surface area (Å²) in [5.74, 6) is -0.672. The van der Waals surface area contributed by atoms with E-state index >= 15 is 0 Å². The van der Waals surface area contributed by atoms with E-state index in [0.717, 1.165) is 32.1 Å². The first-order chi connectivity index (χ1) is 11.0. The molecule has 6 heteroatoms. The average Bonchev–Trinajstić information content (AvgIpc) is 2.50. The molecule has 1 saturated carbocycles. The van der Waals surface area contributed by atoms with Gasteiger partial charge >= 0.3 is 14.0 Å². The van der Waals surface area contributed by atoms with Crippen molar-refractivity contribution < 1.29 is 19.4 Å². The summed E-state index contributed by atoms with van der Waals surface area (Å²) in [6.07, 6.45) is 11.6. The second-order valence-corrected chi connectivity index (χ2v) is 7.77. The van der Waals surface area contributed by atoms with Crippen LogP contribution in [-0.4, -0.2) is 27.7 Å². The Balaban J connectivity index is 2.78. The Morgan fingerprint density at radius 3 is 2.48 bits per heavy atom. The molecule has 1 aliphatic rings. The molecule has 0 heterocycles. The number of nitrogens with two attached hydrogens (primary N) is 1. The van der Waals surface area contributed by atoms with Crippen LogP contribution in [0.25, 0.3) is 0 Å². The number of carboxylic acids is 1. The minimum atomic E-state index is -2.65. The SMILES string of the molecule is CCCCC/C=C(/C(=O)O)C(C(N)CC1CCCCC1)[P+](=O)O. The lowest BCUT2D eigenvalue weighted by atomic mass is 9.83. The van der Waals surface area contributed by atoms with Crippen LogP contribution in [0.5, 0.6) is 0 Å². The second-order valence-electron chi connectivity index (χ2n) is 6.61. The average molecular weight is 344 g/mol. The molecule has 0 saturated heterocycles. The van der Waals surface area contributed by atoms with Crippen molar-refractivity contribution in [1.29, 1.82) is 0 Å². The van der Waals surface area contributed by atoms with E-state index in [9.17, 15) is 19.4 Å². The molecule has 0 amide bonds. The van der Waals surface area contributed by atoms with Gasteiger partial charge in [0.15, 0.2) is 0 Å². The summed E-state index contributed by atoms with van der Waals surface area (Å²) in [5, 5.41) is 9.44. The summed E-state index contributed by atoms with van der Waals surface area (Å²) < 4.78 is 11.8. The summed E-state index contributed by atoms with van der Waals surface area (Å²) in [4.78, 5) is 21.2. The Kier molecular flexibility index (Phi) is 9.61. The first-order valence-electron chi connectivity index (χ1n) is 8.81. The highest BCUT2D eigenvalue weighted by Crippen LogP contribution is 2.36. The van der Waals surface area contributed by atoms with Gasteiger partial charge in [0, 0.05) is 0 Å². The van der Waals surface area contributed by atoms with E-state index in [0.29, 0.717) is 18.8 Å². The molecule has 1 aliphatic carbocycles. The predicted octanol–water partition coefficient (Wildman–Crippen LogP) is 3.98. The number of allylic oxidation sites excluding steroid dienone is 1. The molecule has 0 aromatic heterocycles. The maximum atomic E-state index is 11.8. The van der Waals surface area contributed by atoms with Crippen LogP contribution < -0.4 is 5.73 Å². The van der Waals surface area contributed by atoms with E-state index < -0.39 is 25.7 Å². The molecule has 0 aromatic carbocycles. The van der Waals surface area contributed by atoms with Crippen molar-refractivity contribution in [3.63, 3.8) is 0 Å². The van der Waals surface area contributed by atoms with Crippen LogP contribution in [-0.2, 0) is 9.36 Å². The van der Waals surface area contributed by atoms with Gasteiger partial charge in [-0.25, -0.2) is 4.79 Å². The number of unbranched alkanes of at least 4 members (excludes halogenated alkanes) is 3. The maximum Gasteiger partial charge on any atom is 0.515 e. The number of aliphatic carboxylic acids is 1. The number of hydrogen-bond acceptors (Lipinski definition) is 3. The van der Waals surface area contributed by atoms with Gasteiger partial charge in [-0.3, -0.25) is 0 Å². The highest BCUT2D eigenvalue weighted by Gasteiger charge is 2.42. The third kappa shape index (κ3) is 7.11. The van der Waals surface area contributed by atoms with Crippen molar-refractivity contribution in [2.45, 2.75) is 82.8 Å². The molecule has 5 nitrogen and oxygen atoms in total. The van der Waals surface area contributed by atoms with Crippen LogP contribution in [0.1, 0.15) is 71.1 Å². The van der Waals surface area contributed by atoms with Crippen LogP contribution >= 0.6 is 8.03 Å². The van der Waals surface area contributed by atoms with Gasteiger partial charge in [0.1, 0.15) is 0 Å². The van der Waals surface area contributed by atoms with Crippen molar-refractivity contribution in [3.8, 4) is 0 Å². The van der Waals surface area contributed by atoms with Gasteiger partial charge in [0.25, 0.3) is 0 Å². The van der Waals surface area contributed by atoms with Gasteiger partial charge in [-0.05, 0) is 29.7 Å². The van der Waals surface area contributed by atoms with Gasteiger partial charge in [-0.2, -0.15) is 4.89 Å². The van der Waals surface area contributed by atoms with Crippen molar-refractivity contribution in [2.24, 2.45) is 11.7 Å². The third-order valence-corrected chi connectivity index (χ3v) is 5.85. The fourth-order valence-corrected chi connectivity index (χ4v) is 4.34. The molecule has 0 aliphatic heterocycles. The van der Waals surface area contributed by atoms with E-state index in [1.54, 1.807) is 6.08 Å². The highest BCUT2D eigenvalue weighted by atomic mass is 31.1. The Morgan fingerprint density at radius 1 is 1.30 bits per heavy atom. The summed E-state index contributed by atoms with van der Waals surface area (Å²) in [7, 11) is -2.65. The van der Waals surface area contributed by atoms with Crippen LogP contribution in [0.4, 0.5) is 0 Å². The number of hydrogen-bond donors (Lipinski definition) is 3. The lowest BCUT2D eigenvalue weighted by molar-refractivity contribution is -0.132. The molecular formula is C17H31NO4P+. The maximum absolute atomic E-state index is 11.8. The topological polar surface area (TPSA) is 101 Å². The van der Waals surface area contributed by atoms with Crippen molar-refractivity contribution in [1.82, 2.24) is 0 Å². The summed E-state index contributed by atoms with van der Waals surface area (Å²) in [6.45, 7) is 2.08. The summed E-state index contributed by atoms with van der Waals surface area (Å²) >= 11 is 0. The largest absolute Gasteiger partial charge is 0.515 e. The van der Waals surface area contributed by atoms with Gasteiger partial charge in [0.05, 0.1) is 11.6 Å². The molecule has 132 valence electrons. The Hall–Kier alpha value is -0.770. The Morgan fingerprint density at radius 2 is 1.96 bits per heavy atom. The monoisotopic (exact) mass is 344 g/mol. The normalized spacial score (nSPS) is 20.1. The van der Waals surface area contributed by atoms with E-state index in [1.807, 2.05) is 0 Å². The standard InChI is InChI=1S/C17H30NO4P/c1-2-3-4-8-11-14(17(19)20)16(23(21)22)15(18)12-13-9-6-5-7-10-13/h11,13,15-16H,2-10,12,18H2,1H3,(H-,19,20,21,22)/p+1/b14-11+. The molecule has 0 spiro atoms. The van der Waals surface area contributed by atoms with Gasteiger partial charge in [-0.1, -0.05) is 57.9 Å². The van der Waals surface area contributed by atoms with Crippen LogP contribution in [0.3, 0.4) is 0 Å². The fraction of sp³-hybridized carbons (Fsp3) is 0.824. The van der Waals surface area contributed by atoms with Gasteiger partial charge in [-0.15, -0.1) is 0 Å². The molecule has 3 unspecified atom stereocenters. The zero-order valence-electron chi connectivity index (χ0n) is 14.1. The molecular weight excluding hydrogens is 313 g/mol. The summed E-state index contributed by atoms with van der Waals surface area (Å²) in [5.41, 5.74) is 5.23. The number of rotatable bonds is 10. The molecule has 0 radical (unpaired) electrons. The highest BCUT2D eigenvalue weighted by molar-refractivity contribution is 7.39. The molecule has 0 aromatic rings. The Labute approximate surface area is 140 Å². The van der Waals surface area contributed by atoms with Gasteiger partial charge < -0.3 is 10.8 Å². The quantitative estimate of drug-likeness (QED) is 0.316. The van der Waals surface area contributed by atoms with E-state index in [4.69, 9.17) is 5.73 Å². The zero-order chi connectivity index (χ0) is 17.2. The smallest absolute Gasteiger partial charge is 0.478 e. The molecule has 4 N–H and O–H groups in total. The van der Waals surface area contributed by atoms with Crippen LogP contribution in [0.2, 0.25) is 0 Å². The van der Waals surface area contributed by atoms with E-state index in [2.05, 4.69) is 6.92 Å². The number of carboxylic acid groups (broad SMARTS) is 1. The first kappa shape index (κ1) is 20.3. The fourth-order valence-electron chi connectivity index (χ4n) is 3.44. The third-order valence-electron chi connectivity index (χ3n) is 4.71.